The topological polar surface area (TPSA) is 54.9 Å². The maximum Gasteiger partial charge on any atom is 0.257 e. The summed E-state index contributed by atoms with van der Waals surface area (Å²) >= 11 is 5.34. The van der Waals surface area contributed by atoms with Crippen LogP contribution < -0.4 is 5.32 Å². The number of carbonyl (C=O) groups is 1. The Morgan fingerprint density at radius 2 is 2.31 bits per heavy atom. The predicted octanol–water partition coefficient (Wildman–Crippen LogP) is 2.39. The number of benzene rings is 1. The molecule has 0 spiro atoms. The van der Waals surface area contributed by atoms with Gasteiger partial charge in [0.1, 0.15) is 5.82 Å². The quantitative estimate of drug-likeness (QED) is 0.806. The molecule has 1 aromatic carbocycles. The van der Waals surface area contributed by atoms with Gasteiger partial charge in [0.25, 0.3) is 5.91 Å². The van der Waals surface area contributed by atoms with E-state index in [2.05, 4.69) is 27.3 Å². The molecular weight excluding hydrogens is 242 g/mol. The van der Waals surface area contributed by atoms with Crippen LogP contribution in [0.2, 0.25) is 0 Å². The molecular formula is C10H9N3OS2. The van der Waals surface area contributed by atoms with E-state index in [4.69, 9.17) is 0 Å². The van der Waals surface area contributed by atoms with E-state index in [0.29, 0.717) is 16.5 Å². The van der Waals surface area contributed by atoms with Crippen molar-refractivity contribution in [2.75, 3.05) is 5.32 Å². The van der Waals surface area contributed by atoms with E-state index in [1.807, 2.05) is 6.07 Å². The van der Waals surface area contributed by atoms with Crippen molar-refractivity contribution < 1.29 is 4.79 Å². The average Bonchev–Trinajstić information content (AvgIpc) is 2.64. The summed E-state index contributed by atoms with van der Waals surface area (Å²) in [6.45, 7) is 1.78. The molecule has 2 aromatic rings. The summed E-state index contributed by atoms with van der Waals surface area (Å²) in [4.78, 5) is 16.6. The summed E-state index contributed by atoms with van der Waals surface area (Å²) in [6.07, 6.45) is 0. The lowest BCUT2D eigenvalue weighted by Crippen LogP contribution is -2.11. The zero-order valence-electron chi connectivity index (χ0n) is 8.47. The van der Waals surface area contributed by atoms with Gasteiger partial charge in [0.2, 0.25) is 5.13 Å². The summed E-state index contributed by atoms with van der Waals surface area (Å²) in [7, 11) is 0. The van der Waals surface area contributed by atoms with Crippen molar-refractivity contribution in [1.29, 1.82) is 0 Å². The molecule has 2 rings (SSSR count). The fourth-order valence-electron chi connectivity index (χ4n) is 1.16. The van der Waals surface area contributed by atoms with E-state index in [0.717, 1.165) is 16.4 Å². The fourth-order valence-corrected chi connectivity index (χ4v) is 1.96. The van der Waals surface area contributed by atoms with Gasteiger partial charge in [0, 0.05) is 22.0 Å². The minimum Gasteiger partial charge on any atom is -0.297 e. The van der Waals surface area contributed by atoms with E-state index in [1.54, 1.807) is 25.1 Å². The minimum atomic E-state index is -0.202. The molecule has 1 N–H and O–H groups in total. The standard InChI is InChI=1S/C10H9N3OS2/c1-6-11-10(16-13-6)12-9(14)7-3-2-4-8(15)5-7/h2-5,15H,1H3,(H,11,12,13,14). The van der Waals surface area contributed by atoms with Gasteiger partial charge in [-0.05, 0) is 25.1 Å². The van der Waals surface area contributed by atoms with Crippen molar-refractivity contribution in [1.82, 2.24) is 9.36 Å². The Balaban J connectivity index is 2.14. The maximum absolute atomic E-state index is 11.8. The maximum atomic E-state index is 11.8. The van der Waals surface area contributed by atoms with Crippen molar-refractivity contribution in [3.8, 4) is 0 Å². The van der Waals surface area contributed by atoms with Crippen molar-refractivity contribution in [3.63, 3.8) is 0 Å². The Bertz CT molecular complexity index is 524. The lowest BCUT2D eigenvalue weighted by molar-refractivity contribution is 0.102. The van der Waals surface area contributed by atoms with Crippen LogP contribution in [0, 0.1) is 6.92 Å². The van der Waals surface area contributed by atoms with E-state index < -0.39 is 0 Å². The van der Waals surface area contributed by atoms with Gasteiger partial charge in [-0.3, -0.25) is 10.1 Å². The second kappa shape index (κ2) is 4.63. The number of carbonyl (C=O) groups excluding carboxylic acids is 1. The van der Waals surface area contributed by atoms with Crippen LogP contribution in [0.3, 0.4) is 0 Å². The summed E-state index contributed by atoms with van der Waals surface area (Å²) < 4.78 is 3.98. The second-order valence-electron chi connectivity index (χ2n) is 3.15. The Labute approximate surface area is 102 Å². The summed E-state index contributed by atoms with van der Waals surface area (Å²) in [5.41, 5.74) is 0.556. The Morgan fingerprint density at radius 3 is 2.94 bits per heavy atom. The molecule has 0 aliphatic rings. The first-order chi connectivity index (χ1) is 7.65. The summed E-state index contributed by atoms with van der Waals surface area (Å²) in [5.74, 6) is 0.454. The smallest absolute Gasteiger partial charge is 0.257 e. The van der Waals surface area contributed by atoms with Gasteiger partial charge in [-0.2, -0.15) is 4.37 Å². The lowest BCUT2D eigenvalue weighted by Gasteiger charge is -2.01. The summed E-state index contributed by atoms with van der Waals surface area (Å²) in [5, 5.41) is 3.18. The molecule has 0 aliphatic carbocycles. The van der Waals surface area contributed by atoms with Gasteiger partial charge in [-0.25, -0.2) is 4.98 Å². The second-order valence-corrected chi connectivity index (χ2v) is 4.42. The third kappa shape index (κ3) is 2.59. The molecule has 0 bridgehead atoms. The Kier molecular flexibility index (Phi) is 3.21. The Hall–Kier alpha value is -1.40. The molecule has 1 aromatic heterocycles. The number of hydrogen-bond acceptors (Lipinski definition) is 5. The molecule has 1 amide bonds. The molecule has 1 heterocycles. The monoisotopic (exact) mass is 251 g/mol. The first-order valence-electron chi connectivity index (χ1n) is 4.56. The van der Waals surface area contributed by atoms with E-state index in [-0.39, 0.29) is 5.91 Å². The molecule has 4 nitrogen and oxygen atoms in total. The highest BCUT2D eigenvalue weighted by Crippen LogP contribution is 2.14. The molecule has 16 heavy (non-hydrogen) atoms. The number of nitrogens with zero attached hydrogens (tertiary/aromatic N) is 2. The highest BCUT2D eigenvalue weighted by atomic mass is 32.1. The van der Waals surface area contributed by atoms with Gasteiger partial charge in [0.15, 0.2) is 0 Å². The van der Waals surface area contributed by atoms with Crippen molar-refractivity contribution >= 4 is 35.2 Å². The first-order valence-corrected chi connectivity index (χ1v) is 5.78. The summed E-state index contributed by atoms with van der Waals surface area (Å²) in [6, 6.07) is 7.02. The van der Waals surface area contributed by atoms with Crippen LogP contribution in [-0.4, -0.2) is 15.3 Å². The number of rotatable bonds is 2. The largest absolute Gasteiger partial charge is 0.297 e. The number of nitrogens with one attached hydrogen (secondary N) is 1. The zero-order chi connectivity index (χ0) is 11.5. The number of anilines is 1. The molecule has 0 saturated heterocycles. The number of aryl methyl sites for hydroxylation is 1. The van der Waals surface area contributed by atoms with Gasteiger partial charge in [-0.15, -0.1) is 12.6 Å². The third-order valence-corrected chi connectivity index (χ3v) is 2.86. The average molecular weight is 251 g/mol. The van der Waals surface area contributed by atoms with Crippen LogP contribution in [0.25, 0.3) is 0 Å². The van der Waals surface area contributed by atoms with E-state index in [1.165, 1.54) is 0 Å². The molecule has 0 saturated carbocycles. The van der Waals surface area contributed by atoms with Crippen LogP contribution in [0.1, 0.15) is 16.2 Å². The normalized spacial score (nSPS) is 10.1. The molecule has 0 atom stereocenters. The zero-order valence-corrected chi connectivity index (χ0v) is 10.2. The first kappa shape index (κ1) is 11.1. The van der Waals surface area contributed by atoms with E-state index in [9.17, 15) is 4.79 Å². The Morgan fingerprint density at radius 1 is 1.50 bits per heavy atom. The minimum absolute atomic E-state index is 0.202. The van der Waals surface area contributed by atoms with Crippen LogP contribution >= 0.6 is 24.2 Å². The number of aromatic nitrogens is 2. The van der Waals surface area contributed by atoms with Crippen molar-refractivity contribution in [2.24, 2.45) is 0 Å². The third-order valence-electron chi connectivity index (χ3n) is 1.86. The molecule has 82 valence electrons. The predicted molar refractivity (Wildman–Crippen MR) is 66.3 cm³/mol. The highest BCUT2D eigenvalue weighted by Gasteiger charge is 2.08. The van der Waals surface area contributed by atoms with Gasteiger partial charge < -0.3 is 0 Å². The molecule has 0 radical (unpaired) electrons. The van der Waals surface area contributed by atoms with Gasteiger partial charge in [0.05, 0.1) is 0 Å². The van der Waals surface area contributed by atoms with Gasteiger partial charge in [-0.1, -0.05) is 6.07 Å². The number of hydrogen-bond donors (Lipinski definition) is 2. The lowest BCUT2D eigenvalue weighted by atomic mass is 10.2. The SMILES string of the molecule is Cc1nsc(NC(=O)c2cccc(S)c2)n1. The highest BCUT2D eigenvalue weighted by molar-refractivity contribution is 7.80. The van der Waals surface area contributed by atoms with Gasteiger partial charge >= 0.3 is 0 Å². The van der Waals surface area contributed by atoms with E-state index >= 15 is 0 Å². The molecule has 6 heteroatoms. The molecule has 0 aliphatic heterocycles. The fraction of sp³-hybridized carbons (Fsp3) is 0.100. The van der Waals surface area contributed by atoms with Crippen molar-refractivity contribution in [3.05, 3.63) is 35.7 Å². The van der Waals surface area contributed by atoms with Crippen LogP contribution in [0.15, 0.2) is 29.2 Å². The van der Waals surface area contributed by atoms with Crippen LogP contribution in [0.4, 0.5) is 5.13 Å². The van der Waals surface area contributed by atoms with Crippen LogP contribution in [0.5, 0.6) is 0 Å². The molecule has 0 unspecified atom stereocenters. The van der Waals surface area contributed by atoms with Crippen LogP contribution in [-0.2, 0) is 0 Å². The van der Waals surface area contributed by atoms with Crippen molar-refractivity contribution in [2.45, 2.75) is 11.8 Å². The molecule has 0 fully saturated rings. The number of thiol groups is 1. The number of amides is 1.